The normalized spacial score (nSPS) is 10.4. The highest BCUT2D eigenvalue weighted by Crippen LogP contribution is 2.28. The summed E-state index contributed by atoms with van der Waals surface area (Å²) in [7, 11) is 0. The molecule has 0 aliphatic carbocycles. The van der Waals surface area contributed by atoms with Crippen molar-refractivity contribution >= 4 is 33.2 Å². The molecule has 0 radical (unpaired) electrons. The second kappa shape index (κ2) is 5.51. The van der Waals surface area contributed by atoms with E-state index in [2.05, 4.69) is 28.9 Å². The summed E-state index contributed by atoms with van der Waals surface area (Å²) in [4.78, 5) is 12.9. The van der Waals surface area contributed by atoms with Crippen LogP contribution in [0.25, 0.3) is 0 Å². The molecule has 1 rings (SSSR count). The van der Waals surface area contributed by atoms with E-state index >= 15 is 0 Å². The number of thiophene rings is 1. The van der Waals surface area contributed by atoms with Crippen LogP contribution in [0.2, 0.25) is 0 Å². The topological polar surface area (TPSA) is 37.3 Å². The molecule has 0 aliphatic heterocycles. The summed E-state index contributed by atoms with van der Waals surface area (Å²) in [5.41, 5.74) is 0. The lowest BCUT2D eigenvalue weighted by molar-refractivity contribution is -0.137. The van der Waals surface area contributed by atoms with E-state index in [1.807, 2.05) is 0 Å². The van der Waals surface area contributed by atoms with Crippen molar-refractivity contribution in [3.63, 3.8) is 0 Å². The van der Waals surface area contributed by atoms with Crippen molar-refractivity contribution in [1.29, 1.82) is 0 Å². The molecule has 1 aromatic heterocycles. The zero-order valence-corrected chi connectivity index (χ0v) is 10.4. The number of carbonyl (C=O) groups is 1. The molecule has 0 aromatic carbocycles. The van der Waals surface area contributed by atoms with Crippen LogP contribution in [-0.4, -0.2) is 11.1 Å². The molecule has 0 fully saturated rings. The van der Waals surface area contributed by atoms with Gasteiger partial charge in [-0.15, -0.1) is 11.3 Å². The maximum Gasteiger partial charge on any atom is 0.303 e. The fourth-order valence-electron chi connectivity index (χ4n) is 1.24. The van der Waals surface area contributed by atoms with E-state index in [9.17, 15) is 4.79 Å². The van der Waals surface area contributed by atoms with E-state index in [0.29, 0.717) is 0 Å². The fourth-order valence-corrected chi connectivity index (χ4v) is 3.23. The highest BCUT2D eigenvalue weighted by Gasteiger charge is 2.05. The lowest BCUT2D eigenvalue weighted by Gasteiger charge is -1.93. The van der Waals surface area contributed by atoms with Gasteiger partial charge < -0.3 is 5.11 Å². The van der Waals surface area contributed by atoms with E-state index in [4.69, 9.17) is 5.11 Å². The summed E-state index contributed by atoms with van der Waals surface area (Å²) in [6.45, 7) is 2.12. The molecule has 0 spiro atoms. The molecule has 1 N–H and O–H groups in total. The van der Waals surface area contributed by atoms with Crippen molar-refractivity contribution in [3.05, 3.63) is 20.3 Å². The average Bonchev–Trinajstić information content (AvgIpc) is 2.45. The van der Waals surface area contributed by atoms with Gasteiger partial charge in [-0.3, -0.25) is 4.79 Å². The second-order valence-corrected chi connectivity index (χ2v) is 5.16. The van der Waals surface area contributed by atoms with Gasteiger partial charge in [-0.2, -0.15) is 0 Å². The smallest absolute Gasteiger partial charge is 0.303 e. The Morgan fingerprint density at radius 2 is 2.36 bits per heavy atom. The molecule has 0 amide bonds. The van der Waals surface area contributed by atoms with Crippen molar-refractivity contribution in [2.45, 2.75) is 32.6 Å². The Balaban J connectivity index is 2.47. The minimum Gasteiger partial charge on any atom is -0.481 e. The Morgan fingerprint density at radius 1 is 1.64 bits per heavy atom. The van der Waals surface area contributed by atoms with E-state index < -0.39 is 5.97 Å². The Hall–Kier alpha value is -0.350. The second-order valence-electron chi connectivity index (χ2n) is 3.08. The number of rotatable bonds is 5. The van der Waals surface area contributed by atoms with Crippen molar-refractivity contribution in [2.24, 2.45) is 0 Å². The number of carboxylic acids is 1. The Labute approximate surface area is 96.1 Å². The van der Waals surface area contributed by atoms with Crippen molar-refractivity contribution in [2.75, 3.05) is 0 Å². The van der Waals surface area contributed by atoms with Gasteiger partial charge in [0.05, 0.1) is 0 Å². The largest absolute Gasteiger partial charge is 0.481 e. The minimum absolute atomic E-state index is 0.261. The molecule has 78 valence electrons. The Kier molecular flexibility index (Phi) is 4.62. The highest BCUT2D eigenvalue weighted by atomic mass is 79.9. The molecule has 14 heavy (non-hydrogen) atoms. The van der Waals surface area contributed by atoms with Gasteiger partial charge in [0.2, 0.25) is 0 Å². The van der Waals surface area contributed by atoms with Crippen LogP contribution in [0.3, 0.4) is 0 Å². The molecule has 0 aliphatic rings. The maximum atomic E-state index is 10.3. The van der Waals surface area contributed by atoms with Crippen molar-refractivity contribution in [3.8, 4) is 0 Å². The summed E-state index contributed by atoms with van der Waals surface area (Å²) >= 11 is 5.26. The van der Waals surface area contributed by atoms with Gasteiger partial charge in [0.25, 0.3) is 0 Å². The number of hydrogen-bond donors (Lipinski definition) is 1. The van der Waals surface area contributed by atoms with Crippen LogP contribution in [0.5, 0.6) is 0 Å². The standard InChI is InChI=1S/C10H13BrO2S/c1-2-9-8(11)6-7(14-9)4-3-5-10(12)13/h6H,2-5H2,1H3,(H,12,13). The molecule has 1 heterocycles. The van der Waals surface area contributed by atoms with Crippen LogP contribution in [0.1, 0.15) is 29.5 Å². The van der Waals surface area contributed by atoms with E-state index in [0.717, 1.165) is 23.7 Å². The third-order valence-corrected chi connectivity index (χ3v) is 4.25. The quantitative estimate of drug-likeness (QED) is 0.894. The number of carboxylic acid groups (broad SMARTS) is 1. The van der Waals surface area contributed by atoms with Gasteiger partial charge >= 0.3 is 5.97 Å². The average molecular weight is 277 g/mol. The van der Waals surface area contributed by atoms with Crippen LogP contribution in [0.4, 0.5) is 0 Å². The van der Waals surface area contributed by atoms with Crippen LogP contribution in [-0.2, 0) is 17.6 Å². The van der Waals surface area contributed by atoms with Gasteiger partial charge in [-0.25, -0.2) is 0 Å². The summed E-state index contributed by atoms with van der Waals surface area (Å²) in [5.74, 6) is -0.712. The molecule has 0 bridgehead atoms. The summed E-state index contributed by atoms with van der Waals surface area (Å²) in [6, 6.07) is 2.10. The van der Waals surface area contributed by atoms with E-state index in [-0.39, 0.29) is 6.42 Å². The number of aliphatic carboxylic acids is 1. The summed E-state index contributed by atoms with van der Waals surface area (Å²) < 4.78 is 1.16. The number of halogens is 1. The number of aryl methyl sites for hydroxylation is 2. The van der Waals surface area contributed by atoms with Gasteiger partial charge in [0, 0.05) is 20.6 Å². The molecule has 4 heteroatoms. The van der Waals surface area contributed by atoms with Gasteiger partial charge in [0.15, 0.2) is 0 Å². The fraction of sp³-hybridized carbons (Fsp3) is 0.500. The van der Waals surface area contributed by atoms with Crippen molar-refractivity contribution < 1.29 is 9.90 Å². The zero-order valence-electron chi connectivity index (χ0n) is 8.05. The predicted molar refractivity (Wildman–Crippen MR) is 62.0 cm³/mol. The molecule has 2 nitrogen and oxygen atoms in total. The van der Waals surface area contributed by atoms with Crippen LogP contribution in [0.15, 0.2) is 10.5 Å². The van der Waals surface area contributed by atoms with E-state index in [1.54, 1.807) is 11.3 Å². The molecule has 0 saturated carbocycles. The SMILES string of the molecule is CCc1sc(CCCC(=O)O)cc1Br. The van der Waals surface area contributed by atoms with Crippen LogP contribution < -0.4 is 0 Å². The third kappa shape index (κ3) is 3.42. The van der Waals surface area contributed by atoms with Gasteiger partial charge in [0.1, 0.15) is 0 Å². The zero-order chi connectivity index (χ0) is 10.6. The first-order chi connectivity index (χ1) is 6.63. The van der Waals surface area contributed by atoms with Gasteiger partial charge in [-0.1, -0.05) is 6.92 Å². The molecule has 0 saturated heterocycles. The predicted octanol–water partition coefficient (Wildman–Crippen LogP) is 3.48. The molecule has 0 atom stereocenters. The third-order valence-electron chi connectivity index (χ3n) is 1.94. The van der Waals surface area contributed by atoms with Crippen molar-refractivity contribution in [1.82, 2.24) is 0 Å². The monoisotopic (exact) mass is 276 g/mol. The lowest BCUT2D eigenvalue weighted by atomic mass is 10.2. The van der Waals surface area contributed by atoms with Crippen LogP contribution in [0, 0.1) is 0 Å². The number of hydrogen-bond acceptors (Lipinski definition) is 2. The van der Waals surface area contributed by atoms with E-state index in [1.165, 1.54) is 9.75 Å². The lowest BCUT2D eigenvalue weighted by Crippen LogP contribution is -1.94. The maximum absolute atomic E-state index is 10.3. The van der Waals surface area contributed by atoms with Gasteiger partial charge in [-0.05, 0) is 41.3 Å². The minimum atomic E-state index is -0.712. The summed E-state index contributed by atoms with van der Waals surface area (Å²) in [5, 5.41) is 8.49. The molecule has 1 aromatic rings. The first kappa shape index (κ1) is 11.7. The molecule has 0 unspecified atom stereocenters. The molecular weight excluding hydrogens is 264 g/mol. The highest BCUT2D eigenvalue weighted by molar-refractivity contribution is 9.10. The first-order valence-corrected chi connectivity index (χ1v) is 6.23. The summed E-state index contributed by atoms with van der Waals surface area (Å²) in [6.07, 6.45) is 2.89. The Bertz CT molecular complexity index is 320. The van der Waals surface area contributed by atoms with Crippen LogP contribution >= 0.6 is 27.3 Å². The Morgan fingerprint density at radius 3 is 2.86 bits per heavy atom. The molecular formula is C10H13BrO2S. The first-order valence-electron chi connectivity index (χ1n) is 4.62.